The van der Waals surface area contributed by atoms with Crippen LogP contribution in [0.25, 0.3) is 0 Å². The number of ether oxygens (including phenoxy) is 5. The number of aliphatic hydroxyl groups excluding tert-OH is 1. The minimum Gasteiger partial charge on any atom is -0.496 e. The van der Waals surface area contributed by atoms with E-state index in [9.17, 15) is 5.11 Å². The van der Waals surface area contributed by atoms with Crippen molar-refractivity contribution in [2.75, 3.05) is 28.4 Å². The number of hydrogen-bond acceptors (Lipinski definition) is 6. The highest BCUT2D eigenvalue weighted by Gasteiger charge is 2.33. The van der Waals surface area contributed by atoms with Crippen LogP contribution in [0.3, 0.4) is 0 Å². The van der Waals surface area contributed by atoms with E-state index in [0.717, 1.165) is 11.1 Å². The Bertz CT molecular complexity index is 758. The number of rotatable bonds is 5. The predicted molar refractivity (Wildman–Crippen MR) is 92.2 cm³/mol. The molecule has 0 aliphatic carbocycles. The van der Waals surface area contributed by atoms with Crippen LogP contribution in [0.5, 0.6) is 28.7 Å². The molecule has 6 nitrogen and oxygen atoms in total. The second-order valence-corrected chi connectivity index (χ2v) is 5.73. The molecule has 2 atom stereocenters. The Morgan fingerprint density at radius 2 is 1.60 bits per heavy atom. The summed E-state index contributed by atoms with van der Waals surface area (Å²) in [4.78, 5) is 0. The molecular weight excluding hydrogens is 324 g/mol. The Hall–Kier alpha value is -2.60. The van der Waals surface area contributed by atoms with E-state index in [1.165, 1.54) is 0 Å². The van der Waals surface area contributed by atoms with Gasteiger partial charge in [-0.05, 0) is 17.7 Å². The smallest absolute Gasteiger partial charge is 0.161 e. The molecule has 1 heterocycles. The van der Waals surface area contributed by atoms with Crippen LogP contribution in [-0.4, -0.2) is 39.6 Å². The van der Waals surface area contributed by atoms with Gasteiger partial charge in [0.15, 0.2) is 11.5 Å². The van der Waals surface area contributed by atoms with Crippen LogP contribution >= 0.6 is 0 Å². The summed E-state index contributed by atoms with van der Waals surface area (Å²) >= 11 is 0. The van der Waals surface area contributed by atoms with Crippen molar-refractivity contribution in [3.05, 3.63) is 41.5 Å². The molecule has 0 amide bonds. The van der Waals surface area contributed by atoms with E-state index in [-0.39, 0.29) is 0 Å². The largest absolute Gasteiger partial charge is 0.496 e. The van der Waals surface area contributed by atoms with Gasteiger partial charge in [-0.15, -0.1) is 0 Å². The summed E-state index contributed by atoms with van der Waals surface area (Å²) in [6.45, 7) is 0. The normalized spacial score (nSPS) is 18.8. The molecule has 0 radical (unpaired) electrons. The lowest BCUT2D eigenvalue weighted by Crippen LogP contribution is -2.30. The van der Waals surface area contributed by atoms with Gasteiger partial charge in [-0.3, -0.25) is 0 Å². The zero-order valence-corrected chi connectivity index (χ0v) is 14.7. The van der Waals surface area contributed by atoms with Crippen molar-refractivity contribution < 1.29 is 28.8 Å². The highest BCUT2D eigenvalue weighted by atomic mass is 16.5. The molecule has 134 valence electrons. The molecule has 0 aromatic heterocycles. The lowest BCUT2D eigenvalue weighted by Gasteiger charge is -2.32. The summed E-state index contributed by atoms with van der Waals surface area (Å²) in [5, 5.41) is 10.6. The van der Waals surface area contributed by atoms with Crippen molar-refractivity contribution in [1.82, 2.24) is 0 Å². The van der Waals surface area contributed by atoms with Crippen LogP contribution < -0.4 is 23.7 Å². The molecule has 3 rings (SSSR count). The molecule has 1 N–H and O–H groups in total. The van der Waals surface area contributed by atoms with Crippen molar-refractivity contribution in [3.63, 3.8) is 0 Å². The first kappa shape index (κ1) is 17.2. The number of methoxy groups -OCH3 is 4. The summed E-state index contributed by atoms with van der Waals surface area (Å²) in [6, 6.07) is 9.06. The van der Waals surface area contributed by atoms with Gasteiger partial charge < -0.3 is 28.8 Å². The van der Waals surface area contributed by atoms with E-state index >= 15 is 0 Å². The number of hydrogen-bond donors (Lipinski definition) is 1. The first-order valence-corrected chi connectivity index (χ1v) is 7.92. The third-order valence-electron chi connectivity index (χ3n) is 4.35. The van der Waals surface area contributed by atoms with Crippen molar-refractivity contribution in [2.24, 2.45) is 0 Å². The number of fused-ring (bicyclic) bond motifs is 1. The van der Waals surface area contributed by atoms with E-state index in [4.69, 9.17) is 23.7 Å². The van der Waals surface area contributed by atoms with E-state index < -0.39 is 12.2 Å². The molecule has 0 saturated carbocycles. The molecule has 0 fully saturated rings. The van der Waals surface area contributed by atoms with Gasteiger partial charge in [0.1, 0.15) is 23.4 Å². The van der Waals surface area contributed by atoms with Crippen LogP contribution in [0.1, 0.15) is 17.2 Å². The van der Waals surface area contributed by atoms with Gasteiger partial charge in [0.05, 0.1) is 34.5 Å². The van der Waals surface area contributed by atoms with Gasteiger partial charge in [0.25, 0.3) is 0 Å². The van der Waals surface area contributed by atoms with Crippen molar-refractivity contribution in [3.8, 4) is 28.7 Å². The third-order valence-corrected chi connectivity index (χ3v) is 4.35. The number of aliphatic hydroxyl groups is 1. The predicted octanol–water partition coefficient (Wildman–Crippen LogP) is 2.76. The van der Waals surface area contributed by atoms with Crippen LogP contribution in [0.4, 0.5) is 0 Å². The van der Waals surface area contributed by atoms with Crippen LogP contribution in [-0.2, 0) is 6.42 Å². The molecule has 1 aliphatic rings. The highest BCUT2D eigenvalue weighted by Crippen LogP contribution is 2.43. The average molecular weight is 346 g/mol. The average Bonchev–Trinajstić information content (AvgIpc) is 2.66. The zero-order chi connectivity index (χ0) is 18.0. The summed E-state index contributed by atoms with van der Waals surface area (Å²) < 4.78 is 27.4. The molecule has 0 saturated heterocycles. The Balaban J connectivity index is 1.99. The number of benzene rings is 2. The van der Waals surface area contributed by atoms with Crippen LogP contribution in [0.15, 0.2) is 30.3 Å². The van der Waals surface area contributed by atoms with E-state index in [1.807, 2.05) is 12.1 Å². The maximum absolute atomic E-state index is 10.6. The monoisotopic (exact) mass is 346 g/mol. The Morgan fingerprint density at radius 1 is 0.880 bits per heavy atom. The van der Waals surface area contributed by atoms with Crippen molar-refractivity contribution in [2.45, 2.75) is 18.6 Å². The van der Waals surface area contributed by atoms with Gasteiger partial charge in [0, 0.05) is 24.1 Å². The Kier molecular flexibility index (Phi) is 4.90. The minimum atomic E-state index is -0.715. The zero-order valence-electron chi connectivity index (χ0n) is 14.7. The molecule has 0 unspecified atom stereocenters. The highest BCUT2D eigenvalue weighted by molar-refractivity contribution is 5.53. The molecule has 2 aromatic rings. The fourth-order valence-electron chi connectivity index (χ4n) is 3.05. The topological polar surface area (TPSA) is 66.4 Å². The lowest BCUT2D eigenvalue weighted by molar-refractivity contribution is 0.0196. The maximum atomic E-state index is 10.6. The molecule has 2 aromatic carbocycles. The quantitative estimate of drug-likeness (QED) is 0.898. The molecule has 0 bridgehead atoms. The standard InChI is InChI=1S/C19H22O6/c1-21-12-8-16(23-3)13-10-14(20)19(25-17(13)9-12)11-5-6-15(22-2)18(7-11)24-4/h5-9,14,19-20H,10H2,1-4H3/t14-,19+/m0/s1. The summed E-state index contributed by atoms with van der Waals surface area (Å²) in [6.07, 6.45) is -0.821. The molecule has 6 heteroatoms. The Labute approximate surface area is 146 Å². The lowest BCUT2D eigenvalue weighted by atomic mass is 9.94. The minimum absolute atomic E-state index is 0.418. The fourth-order valence-corrected chi connectivity index (χ4v) is 3.05. The fraction of sp³-hybridized carbons (Fsp3) is 0.368. The molecule has 1 aliphatic heterocycles. The van der Waals surface area contributed by atoms with E-state index in [1.54, 1.807) is 46.6 Å². The third kappa shape index (κ3) is 3.17. The van der Waals surface area contributed by atoms with E-state index in [0.29, 0.717) is 35.2 Å². The molecule has 25 heavy (non-hydrogen) atoms. The Morgan fingerprint density at radius 3 is 2.24 bits per heavy atom. The molecule has 0 spiro atoms. The summed E-state index contributed by atoms with van der Waals surface area (Å²) in [5.74, 6) is 3.13. The van der Waals surface area contributed by atoms with Gasteiger partial charge in [0.2, 0.25) is 0 Å². The van der Waals surface area contributed by atoms with Crippen LogP contribution in [0, 0.1) is 0 Å². The summed E-state index contributed by atoms with van der Waals surface area (Å²) in [5.41, 5.74) is 1.63. The van der Waals surface area contributed by atoms with Gasteiger partial charge in [-0.2, -0.15) is 0 Å². The van der Waals surface area contributed by atoms with E-state index in [2.05, 4.69) is 0 Å². The maximum Gasteiger partial charge on any atom is 0.161 e. The second kappa shape index (κ2) is 7.11. The first-order chi connectivity index (χ1) is 12.1. The van der Waals surface area contributed by atoms with Gasteiger partial charge in [-0.25, -0.2) is 0 Å². The van der Waals surface area contributed by atoms with Gasteiger partial charge >= 0.3 is 0 Å². The first-order valence-electron chi connectivity index (χ1n) is 7.92. The molecular formula is C19H22O6. The van der Waals surface area contributed by atoms with Crippen molar-refractivity contribution in [1.29, 1.82) is 0 Å². The summed E-state index contributed by atoms with van der Waals surface area (Å²) in [7, 11) is 6.33. The van der Waals surface area contributed by atoms with Gasteiger partial charge in [-0.1, -0.05) is 6.07 Å². The van der Waals surface area contributed by atoms with Crippen molar-refractivity contribution >= 4 is 0 Å². The van der Waals surface area contributed by atoms with Crippen LogP contribution in [0.2, 0.25) is 0 Å². The SMILES string of the molecule is COc1cc(OC)c2c(c1)O[C@H](c1ccc(OC)c(OC)c1)[C@@H](O)C2. The second-order valence-electron chi connectivity index (χ2n) is 5.73.